The summed E-state index contributed by atoms with van der Waals surface area (Å²) in [5.74, 6) is 0. The molecule has 3 aromatic rings. The van der Waals surface area contributed by atoms with Gasteiger partial charge in [-0.3, -0.25) is 14.4 Å². The van der Waals surface area contributed by atoms with E-state index >= 15 is 0 Å². The zero-order valence-electron chi connectivity index (χ0n) is 13.6. The zero-order chi connectivity index (χ0) is 16.4. The number of aromatic nitrogens is 1. The quantitative estimate of drug-likeness (QED) is 0.676. The summed E-state index contributed by atoms with van der Waals surface area (Å²) in [6.45, 7) is 6.09. The van der Waals surface area contributed by atoms with Crippen molar-refractivity contribution < 1.29 is 4.42 Å². The average molecular weight is 339 g/mol. The fraction of sp³-hybridized carbons (Fsp3) is 0.316. The summed E-state index contributed by atoms with van der Waals surface area (Å²) in [4.78, 5) is 5.51. The van der Waals surface area contributed by atoms with E-state index in [4.69, 9.17) is 16.6 Å². The average Bonchev–Trinajstić information content (AvgIpc) is 2.93. The molecule has 0 spiro atoms. The molecular weight excluding hydrogens is 318 g/mol. The fourth-order valence-corrected chi connectivity index (χ4v) is 3.52. The van der Waals surface area contributed by atoms with Crippen LogP contribution in [0.3, 0.4) is 0 Å². The van der Waals surface area contributed by atoms with Gasteiger partial charge in [-0.25, -0.2) is 0 Å². The molecule has 4 nitrogen and oxygen atoms in total. The van der Waals surface area contributed by atoms with Crippen molar-refractivity contribution in [3.63, 3.8) is 0 Å². The molecule has 0 aliphatic carbocycles. The third-order valence-electron chi connectivity index (χ3n) is 4.63. The first-order valence-electron chi connectivity index (χ1n) is 8.36. The molecule has 2 heterocycles. The van der Waals surface area contributed by atoms with Crippen molar-refractivity contribution in [2.75, 3.05) is 26.2 Å². The highest BCUT2D eigenvalue weighted by Crippen LogP contribution is 2.18. The number of nitrogens with zero attached hydrogens (tertiary/aromatic N) is 3. The zero-order valence-corrected chi connectivity index (χ0v) is 14.4. The van der Waals surface area contributed by atoms with Crippen LogP contribution in [0.1, 0.15) is 5.56 Å². The largest absolute Gasteiger partial charge is 0.429 e. The summed E-state index contributed by atoms with van der Waals surface area (Å²) < 4.78 is 7.78. The van der Waals surface area contributed by atoms with Crippen LogP contribution in [0, 0.1) is 4.84 Å². The number of piperazine rings is 1. The van der Waals surface area contributed by atoms with Gasteiger partial charge in [-0.15, -0.1) is 0 Å². The van der Waals surface area contributed by atoms with E-state index in [0.29, 0.717) is 4.84 Å². The van der Waals surface area contributed by atoms with E-state index in [2.05, 4.69) is 50.8 Å². The number of fused-ring (bicyclic) bond motifs is 1. The topological polar surface area (TPSA) is 24.6 Å². The number of rotatable bonds is 4. The molecule has 24 heavy (non-hydrogen) atoms. The second-order valence-corrected chi connectivity index (χ2v) is 6.63. The molecule has 0 saturated carbocycles. The summed E-state index contributed by atoms with van der Waals surface area (Å²) >= 11 is 5.39. The molecule has 124 valence electrons. The minimum atomic E-state index is 0.558. The van der Waals surface area contributed by atoms with Gasteiger partial charge in [0.2, 0.25) is 0 Å². The highest BCUT2D eigenvalue weighted by Gasteiger charge is 2.18. The number of oxazole rings is 1. The van der Waals surface area contributed by atoms with Gasteiger partial charge in [-0.05, 0) is 29.9 Å². The van der Waals surface area contributed by atoms with E-state index in [1.54, 1.807) is 0 Å². The number of hydrogen-bond donors (Lipinski definition) is 0. The molecule has 2 aromatic carbocycles. The Labute approximate surface area is 146 Å². The molecule has 0 N–H and O–H groups in total. The second kappa shape index (κ2) is 6.89. The molecule has 0 bridgehead atoms. The second-order valence-electron chi connectivity index (χ2n) is 6.28. The molecular formula is C19H21N3OS. The third kappa shape index (κ3) is 3.29. The Hall–Kier alpha value is -1.95. The van der Waals surface area contributed by atoms with Crippen molar-refractivity contribution in [2.45, 2.75) is 13.2 Å². The van der Waals surface area contributed by atoms with Gasteiger partial charge in [0.25, 0.3) is 4.84 Å². The summed E-state index contributed by atoms with van der Waals surface area (Å²) in [7, 11) is 0. The Morgan fingerprint density at radius 3 is 2.29 bits per heavy atom. The molecule has 1 aliphatic rings. The number of benzene rings is 2. The lowest BCUT2D eigenvalue weighted by Crippen LogP contribution is -2.46. The first-order valence-corrected chi connectivity index (χ1v) is 8.77. The van der Waals surface area contributed by atoms with Gasteiger partial charge in [0, 0.05) is 32.7 Å². The predicted molar refractivity (Wildman–Crippen MR) is 98.3 cm³/mol. The lowest BCUT2D eigenvalue weighted by molar-refractivity contribution is 0.103. The fourth-order valence-electron chi connectivity index (χ4n) is 3.28. The van der Waals surface area contributed by atoms with Crippen molar-refractivity contribution in [1.29, 1.82) is 0 Å². The Kier molecular flexibility index (Phi) is 4.47. The highest BCUT2D eigenvalue weighted by atomic mass is 32.1. The van der Waals surface area contributed by atoms with Crippen LogP contribution in [-0.4, -0.2) is 40.5 Å². The Morgan fingerprint density at radius 1 is 0.833 bits per heavy atom. The maximum atomic E-state index is 5.68. The third-order valence-corrected chi connectivity index (χ3v) is 4.93. The van der Waals surface area contributed by atoms with Crippen molar-refractivity contribution in [2.24, 2.45) is 0 Å². The van der Waals surface area contributed by atoms with Crippen LogP contribution >= 0.6 is 12.2 Å². The van der Waals surface area contributed by atoms with Crippen LogP contribution in [0.2, 0.25) is 0 Å². The lowest BCUT2D eigenvalue weighted by Gasteiger charge is -2.34. The molecule has 5 heteroatoms. The van der Waals surface area contributed by atoms with Gasteiger partial charge in [0.05, 0.1) is 12.2 Å². The molecule has 0 radical (unpaired) electrons. The van der Waals surface area contributed by atoms with E-state index in [1.165, 1.54) is 5.56 Å². The number of para-hydroxylation sites is 2. The summed E-state index contributed by atoms with van der Waals surface area (Å²) in [5.41, 5.74) is 3.33. The smallest absolute Gasteiger partial charge is 0.270 e. The van der Waals surface area contributed by atoms with Crippen LogP contribution in [0.5, 0.6) is 0 Å². The lowest BCUT2D eigenvalue weighted by atomic mass is 10.2. The van der Waals surface area contributed by atoms with Gasteiger partial charge >= 0.3 is 0 Å². The molecule has 1 fully saturated rings. The minimum Gasteiger partial charge on any atom is -0.429 e. The van der Waals surface area contributed by atoms with Gasteiger partial charge in [0.1, 0.15) is 0 Å². The summed E-state index contributed by atoms with van der Waals surface area (Å²) in [6, 6.07) is 18.7. The predicted octanol–water partition coefficient (Wildman–Crippen LogP) is 3.74. The van der Waals surface area contributed by atoms with Crippen LogP contribution < -0.4 is 0 Å². The van der Waals surface area contributed by atoms with Crippen molar-refractivity contribution in [1.82, 2.24) is 14.4 Å². The molecule has 0 atom stereocenters. The van der Waals surface area contributed by atoms with Crippen molar-refractivity contribution >= 4 is 23.3 Å². The normalized spacial score (nSPS) is 16.7. The van der Waals surface area contributed by atoms with Crippen molar-refractivity contribution in [3.05, 3.63) is 65.0 Å². The van der Waals surface area contributed by atoms with E-state index in [1.807, 2.05) is 18.2 Å². The first kappa shape index (κ1) is 15.6. The van der Waals surface area contributed by atoms with E-state index in [0.717, 1.165) is 50.5 Å². The molecule has 1 aromatic heterocycles. The van der Waals surface area contributed by atoms with Gasteiger partial charge in [-0.2, -0.15) is 0 Å². The molecule has 1 saturated heterocycles. The maximum Gasteiger partial charge on any atom is 0.270 e. The monoisotopic (exact) mass is 339 g/mol. The van der Waals surface area contributed by atoms with Crippen LogP contribution in [0.25, 0.3) is 11.1 Å². The minimum absolute atomic E-state index is 0.558. The van der Waals surface area contributed by atoms with E-state index in [9.17, 15) is 0 Å². The summed E-state index contributed by atoms with van der Waals surface area (Å²) in [5, 5.41) is 0. The van der Waals surface area contributed by atoms with E-state index < -0.39 is 0 Å². The Morgan fingerprint density at radius 2 is 1.50 bits per heavy atom. The van der Waals surface area contributed by atoms with E-state index in [-0.39, 0.29) is 0 Å². The van der Waals surface area contributed by atoms with Crippen LogP contribution in [0.15, 0.2) is 59.0 Å². The molecule has 0 unspecified atom stereocenters. The Bertz CT molecular complexity index is 863. The van der Waals surface area contributed by atoms with Gasteiger partial charge in [0.15, 0.2) is 5.58 Å². The van der Waals surface area contributed by atoms with Gasteiger partial charge < -0.3 is 4.42 Å². The summed E-state index contributed by atoms with van der Waals surface area (Å²) in [6.07, 6.45) is 0. The SMILES string of the molecule is S=c1oc2ccccc2n1CN1CCN(Cc2ccccc2)CC1. The first-order chi connectivity index (χ1) is 11.8. The number of hydrogen-bond acceptors (Lipinski definition) is 4. The molecule has 4 rings (SSSR count). The van der Waals surface area contributed by atoms with Crippen LogP contribution in [-0.2, 0) is 13.2 Å². The van der Waals surface area contributed by atoms with Gasteiger partial charge in [-0.1, -0.05) is 42.5 Å². The Balaban J connectivity index is 1.39. The molecule has 0 amide bonds. The maximum absolute atomic E-state index is 5.68. The standard InChI is InChI=1S/C19H21N3OS/c24-19-22(17-8-4-5-9-18(17)23-19)15-21-12-10-20(11-13-21)14-16-6-2-1-3-7-16/h1-9H,10-15H2. The highest BCUT2D eigenvalue weighted by molar-refractivity contribution is 7.71. The van der Waals surface area contributed by atoms with Crippen LogP contribution in [0.4, 0.5) is 0 Å². The van der Waals surface area contributed by atoms with Crippen molar-refractivity contribution in [3.8, 4) is 0 Å². The molecule has 1 aliphatic heterocycles.